The van der Waals surface area contributed by atoms with E-state index in [1.165, 1.54) is 5.56 Å². The van der Waals surface area contributed by atoms with Crippen molar-refractivity contribution >= 4 is 23.5 Å². The summed E-state index contributed by atoms with van der Waals surface area (Å²) in [6, 6.07) is 4.23. The van der Waals surface area contributed by atoms with E-state index in [9.17, 15) is 0 Å². The van der Waals surface area contributed by atoms with Gasteiger partial charge >= 0.3 is 0 Å². The quantitative estimate of drug-likeness (QED) is 0.629. The first-order chi connectivity index (χ1) is 13.0. The number of hydrogen-bond acceptors (Lipinski definition) is 5. The maximum absolute atomic E-state index is 5.64. The standard InChI is InChI=1S/C20H33N5OS/c1-5-21-19(25-9-11-27-20(3,4)15-25)23-13-17-6-7-22-18(12-17)24-8-10-26-16(2)14-24/h6-7,12,16H,5,8-11,13-15H2,1-4H3,(H,21,23). The number of nitrogens with zero attached hydrogens (tertiary/aromatic N) is 4. The molecule has 0 aliphatic carbocycles. The Labute approximate surface area is 167 Å². The first-order valence-corrected chi connectivity index (χ1v) is 10.9. The smallest absolute Gasteiger partial charge is 0.194 e. The summed E-state index contributed by atoms with van der Waals surface area (Å²) in [5, 5.41) is 3.47. The largest absolute Gasteiger partial charge is 0.375 e. The number of morpholine rings is 1. The van der Waals surface area contributed by atoms with Crippen molar-refractivity contribution in [1.29, 1.82) is 0 Å². The van der Waals surface area contributed by atoms with E-state index in [1.807, 2.05) is 18.0 Å². The van der Waals surface area contributed by atoms with Gasteiger partial charge in [-0.3, -0.25) is 0 Å². The Bertz CT molecular complexity index is 651. The number of anilines is 1. The average molecular weight is 392 g/mol. The van der Waals surface area contributed by atoms with E-state index in [0.29, 0.717) is 6.54 Å². The number of thioether (sulfide) groups is 1. The number of aromatic nitrogens is 1. The van der Waals surface area contributed by atoms with Crippen LogP contribution in [0.15, 0.2) is 23.3 Å². The van der Waals surface area contributed by atoms with E-state index in [0.717, 1.165) is 56.9 Å². The predicted molar refractivity (Wildman–Crippen MR) is 115 cm³/mol. The number of ether oxygens (including phenoxy) is 1. The molecule has 2 aliphatic rings. The molecule has 6 nitrogen and oxygen atoms in total. The lowest BCUT2D eigenvalue weighted by Gasteiger charge is -2.39. The third-order valence-electron chi connectivity index (χ3n) is 4.85. The molecule has 0 bridgehead atoms. The van der Waals surface area contributed by atoms with E-state index in [1.54, 1.807) is 0 Å². The van der Waals surface area contributed by atoms with Gasteiger partial charge in [0.1, 0.15) is 5.82 Å². The van der Waals surface area contributed by atoms with Gasteiger partial charge in [-0.25, -0.2) is 9.98 Å². The van der Waals surface area contributed by atoms with Crippen LogP contribution in [0.3, 0.4) is 0 Å². The average Bonchev–Trinajstić information content (AvgIpc) is 2.64. The molecule has 3 heterocycles. The second-order valence-electron chi connectivity index (χ2n) is 7.85. The normalized spacial score (nSPS) is 23.4. The Balaban J connectivity index is 1.69. The van der Waals surface area contributed by atoms with Crippen molar-refractivity contribution < 1.29 is 4.74 Å². The van der Waals surface area contributed by atoms with Crippen LogP contribution < -0.4 is 10.2 Å². The van der Waals surface area contributed by atoms with Crippen molar-refractivity contribution in [3.8, 4) is 0 Å². The zero-order valence-corrected chi connectivity index (χ0v) is 17.9. The van der Waals surface area contributed by atoms with Gasteiger partial charge in [-0.15, -0.1) is 0 Å². The highest BCUT2D eigenvalue weighted by Gasteiger charge is 2.28. The third kappa shape index (κ3) is 5.75. The highest BCUT2D eigenvalue weighted by atomic mass is 32.2. The minimum Gasteiger partial charge on any atom is -0.375 e. The maximum Gasteiger partial charge on any atom is 0.194 e. The molecule has 1 atom stereocenters. The SMILES string of the molecule is CCNC(=NCc1ccnc(N2CCOC(C)C2)c1)N1CCSC(C)(C)C1. The van der Waals surface area contributed by atoms with Crippen LogP contribution in [0.4, 0.5) is 5.82 Å². The van der Waals surface area contributed by atoms with Crippen molar-refractivity contribution in [3.05, 3.63) is 23.9 Å². The highest BCUT2D eigenvalue weighted by Crippen LogP contribution is 2.29. The van der Waals surface area contributed by atoms with Gasteiger partial charge in [0.25, 0.3) is 0 Å². The molecular formula is C20H33N5OS. The summed E-state index contributed by atoms with van der Waals surface area (Å²) in [5.41, 5.74) is 1.19. The van der Waals surface area contributed by atoms with Crippen LogP contribution in [0.25, 0.3) is 0 Å². The van der Waals surface area contributed by atoms with Crippen molar-refractivity contribution in [3.63, 3.8) is 0 Å². The van der Waals surface area contributed by atoms with E-state index in [4.69, 9.17) is 9.73 Å². The molecule has 0 spiro atoms. The van der Waals surface area contributed by atoms with Crippen molar-refractivity contribution in [2.24, 2.45) is 4.99 Å². The second kappa shape index (κ2) is 9.15. The number of pyridine rings is 1. The minimum atomic E-state index is 0.253. The molecule has 27 heavy (non-hydrogen) atoms. The summed E-state index contributed by atoms with van der Waals surface area (Å²) >= 11 is 2.04. The van der Waals surface area contributed by atoms with Gasteiger partial charge in [0.05, 0.1) is 19.3 Å². The first kappa shape index (κ1) is 20.3. The lowest BCUT2D eigenvalue weighted by atomic mass is 10.2. The Hall–Kier alpha value is -1.47. The first-order valence-electron chi connectivity index (χ1n) is 9.95. The topological polar surface area (TPSA) is 53.0 Å². The third-order valence-corrected chi connectivity index (χ3v) is 6.14. The van der Waals surface area contributed by atoms with Crippen LogP contribution in [-0.2, 0) is 11.3 Å². The van der Waals surface area contributed by atoms with Gasteiger partial charge in [0, 0.05) is 49.4 Å². The molecule has 2 aliphatic heterocycles. The molecule has 1 N–H and O–H groups in total. The van der Waals surface area contributed by atoms with Gasteiger partial charge in [0.2, 0.25) is 0 Å². The summed E-state index contributed by atoms with van der Waals surface area (Å²) in [6.45, 7) is 15.0. The van der Waals surface area contributed by atoms with Crippen molar-refractivity contribution in [2.45, 2.75) is 45.1 Å². The lowest BCUT2D eigenvalue weighted by molar-refractivity contribution is 0.0529. The molecule has 1 aromatic rings. The van der Waals surface area contributed by atoms with Gasteiger partial charge < -0.3 is 19.9 Å². The zero-order chi connectivity index (χ0) is 19.3. The molecule has 3 rings (SSSR count). The Morgan fingerprint density at radius 2 is 2.30 bits per heavy atom. The fourth-order valence-electron chi connectivity index (χ4n) is 3.55. The van der Waals surface area contributed by atoms with E-state index < -0.39 is 0 Å². The van der Waals surface area contributed by atoms with E-state index in [2.05, 4.69) is 59.9 Å². The molecule has 1 aromatic heterocycles. The van der Waals surface area contributed by atoms with Crippen molar-refractivity contribution in [1.82, 2.24) is 15.2 Å². The number of aliphatic imine (C=N–C) groups is 1. The van der Waals surface area contributed by atoms with Gasteiger partial charge in [-0.2, -0.15) is 11.8 Å². The van der Waals surface area contributed by atoms with Crippen LogP contribution in [0, 0.1) is 0 Å². The molecular weight excluding hydrogens is 358 g/mol. The molecule has 1 unspecified atom stereocenters. The molecule has 0 amide bonds. The number of rotatable bonds is 4. The number of nitrogens with one attached hydrogen (secondary N) is 1. The molecule has 150 valence electrons. The van der Waals surface area contributed by atoms with Crippen LogP contribution in [0.5, 0.6) is 0 Å². The van der Waals surface area contributed by atoms with Crippen molar-refractivity contribution in [2.75, 3.05) is 50.0 Å². The molecule has 2 saturated heterocycles. The fourth-order valence-corrected chi connectivity index (χ4v) is 4.66. The van der Waals surface area contributed by atoms with Gasteiger partial charge in [-0.05, 0) is 45.4 Å². The summed E-state index contributed by atoms with van der Waals surface area (Å²) in [5.74, 6) is 3.19. The van der Waals surface area contributed by atoms with Gasteiger partial charge in [-0.1, -0.05) is 0 Å². The molecule has 7 heteroatoms. The molecule has 0 radical (unpaired) electrons. The molecule has 2 fully saturated rings. The lowest BCUT2D eigenvalue weighted by Crippen LogP contribution is -2.50. The Morgan fingerprint density at radius 1 is 1.44 bits per heavy atom. The second-order valence-corrected chi connectivity index (χ2v) is 9.65. The number of hydrogen-bond donors (Lipinski definition) is 1. The number of guanidine groups is 1. The Kier molecular flexibility index (Phi) is 6.87. The van der Waals surface area contributed by atoms with E-state index >= 15 is 0 Å². The zero-order valence-electron chi connectivity index (χ0n) is 17.1. The molecule has 0 aromatic carbocycles. The molecule has 0 saturated carbocycles. The predicted octanol–water partition coefficient (Wildman–Crippen LogP) is 2.60. The van der Waals surface area contributed by atoms with Gasteiger partial charge in [0.15, 0.2) is 5.96 Å². The van der Waals surface area contributed by atoms with Crippen LogP contribution in [-0.4, -0.2) is 71.8 Å². The summed E-state index contributed by atoms with van der Waals surface area (Å²) in [6.07, 6.45) is 2.15. The van der Waals surface area contributed by atoms with E-state index in [-0.39, 0.29) is 10.9 Å². The summed E-state index contributed by atoms with van der Waals surface area (Å²) in [4.78, 5) is 14.2. The summed E-state index contributed by atoms with van der Waals surface area (Å²) in [7, 11) is 0. The maximum atomic E-state index is 5.64. The minimum absolute atomic E-state index is 0.253. The van der Waals surface area contributed by atoms with Crippen LogP contribution in [0.2, 0.25) is 0 Å². The highest BCUT2D eigenvalue weighted by molar-refractivity contribution is 8.00. The Morgan fingerprint density at radius 3 is 3.04 bits per heavy atom. The fraction of sp³-hybridized carbons (Fsp3) is 0.700. The van der Waals surface area contributed by atoms with Crippen LogP contribution >= 0.6 is 11.8 Å². The monoisotopic (exact) mass is 391 g/mol. The summed E-state index contributed by atoms with van der Waals surface area (Å²) < 4.78 is 5.91. The van der Waals surface area contributed by atoms with Crippen LogP contribution in [0.1, 0.15) is 33.3 Å².